The molecule has 156 valence electrons. The van der Waals surface area contributed by atoms with Crippen molar-refractivity contribution < 1.29 is 23.9 Å². The molecule has 0 spiro atoms. The Bertz CT molecular complexity index is 1050. The van der Waals surface area contributed by atoms with Crippen LogP contribution in [-0.4, -0.2) is 46.2 Å². The molecule has 1 aliphatic carbocycles. The average molecular weight is 408 g/mol. The van der Waals surface area contributed by atoms with Crippen LogP contribution in [0.25, 0.3) is 0 Å². The highest BCUT2D eigenvalue weighted by atomic mass is 16.5. The molecule has 1 fully saturated rings. The second-order valence-corrected chi connectivity index (χ2v) is 7.90. The van der Waals surface area contributed by atoms with E-state index in [-0.39, 0.29) is 37.7 Å². The summed E-state index contributed by atoms with van der Waals surface area (Å²) in [6.45, 7) is 3.47. The number of fused-ring (bicyclic) bond motifs is 1. The van der Waals surface area contributed by atoms with E-state index >= 15 is 0 Å². The number of carbonyl (C=O) groups excluding carboxylic acids is 4. The van der Waals surface area contributed by atoms with Gasteiger partial charge in [-0.2, -0.15) is 0 Å². The Morgan fingerprint density at radius 2 is 1.87 bits per heavy atom. The number of aromatic nitrogens is 1. The van der Waals surface area contributed by atoms with E-state index in [9.17, 15) is 19.2 Å². The third-order valence-electron chi connectivity index (χ3n) is 5.74. The normalized spacial score (nSPS) is 15.9. The van der Waals surface area contributed by atoms with Crippen LogP contribution < -0.4 is 0 Å². The Morgan fingerprint density at radius 1 is 1.13 bits per heavy atom. The van der Waals surface area contributed by atoms with E-state index in [1.54, 1.807) is 24.3 Å². The molecule has 2 aliphatic rings. The van der Waals surface area contributed by atoms with Gasteiger partial charge in [0.1, 0.15) is 0 Å². The summed E-state index contributed by atoms with van der Waals surface area (Å²) in [6, 6.07) is 9.26. The molecular formula is C23H24N2O5. The van der Waals surface area contributed by atoms with Gasteiger partial charge >= 0.3 is 5.97 Å². The highest BCUT2D eigenvalue weighted by Gasteiger charge is 2.31. The molecule has 7 nitrogen and oxygen atoms in total. The third-order valence-corrected chi connectivity index (χ3v) is 5.74. The fraction of sp³-hybridized carbons (Fsp3) is 0.391. The van der Waals surface area contributed by atoms with Gasteiger partial charge in [0.2, 0.25) is 11.7 Å². The number of aryl methyl sites for hydroxylation is 1. The van der Waals surface area contributed by atoms with Crippen LogP contribution in [0.5, 0.6) is 0 Å². The van der Waals surface area contributed by atoms with Gasteiger partial charge < -0.3 is 9.30 Å². The highest BCUT2D eigenvalue weighted by Crippen LogP contribution is 2.38. The Morgan fingerprint density at radius 3 is 2.60 bits per heavy atom. The number of benzene rings is 1. The van der Waals surface area contributed by atoms with Crippen LogP contribution in [0.3, 0.4) is 0 Å². The fourth-order valence-electron chi connectivity index (χ4n) is 4.08. The van der Waals surface area contributed by atoms with Crippen molar-refractivity contribution in [1.82, 2.24) is 9.47 Å². The Labute approximate surface area is 174 Å². The first-order valence-electron chi connectivity index (χ1n) is 10.2. The first kappa shape index (κ1) is 20.1. The number of amides is 2. The molecule has 0 bridgehead atoms. The number of nitrogens with zero attached hydrogens (tertiary/aromatic N) is 2. The van der Waals surface area contributed by atoms with Crippen molar-refractivity contribution in [2.24, 2.45) is 0 Å². The van der Waals surface area contributed by atoms with Gasteiger partial charge in [0.05, 0.1) is 12.8 Å². The van der Waals surface area contributed by atoms with Gasteiger partial charge in [0.15, 0.2) is 6.61 Å². The zero-order valence-electron chi connectivity index (χ0n) is 17.1. The predicted octanol–water partition coefficient (Wildman–Crippen LogP) is 2.78. The van der Waals surface area contributed by atoms with Gasteiger partial charge in [-0.3, -0.25) is 24.1 Å². The second-order valence-electron chi connectivity index (χ2n) is 7.90. The lowest BCUT2D eigenvalue weighted by Crippen LogP contribution is -2.43. The molecule has 2 aromatic rings. The van der Waals surface area contributed by atoms with Crippen molar-refractivity contribution >= 4 is 23.6 Å². The topological polar surface area (TPSA) is 85.7 Å². The van der Waals surface area contributed by atoms with Crippen molar-refractivity contribution in [2.45, 2.75) is 45.6 Å². The molecule has 1 saturated carbocycles. The summed E-state index contributed by atoms with van der Waals surface area (Å²) in [4.78, 5) is 50.5. The van der Waals surface area contributed by atoms with E-state index in [0.717, 1.165) is 29.1 Å². The van der Waals surface area contributed by atoms with Gasteiger partial charge in [0.25, 0.3) is 5.91 Å². The summed E-state index contributed by atoms with van der Waals surface area (Å²) < 4.78 is 7.29. The molecule has 1 aromatic carbocycles. The maximum absolute atomic E-state index is 12.5. The van der Waals surface area contributed by atoms with E-state index in [1.165, 1.54) is 0 Å². The van der Waals surface area contributed by atoms with Gasteiger partial charge in [-0.15, -0.1) is 0 Å². The number of esters is 1. The van der Waals surface area contributed by atoms with Crippen LogP contribution in [0.15, 0.2) is 30.3 Å². The molecule has 1 aliphatic heterocycles. The lowest BCUT2D eigenvalue weighted by molar-refractivity contribution is -0.143. The highest BCUT2D eigenvalue weighted by molar-refractivity contribution is 6.09. The number of ether oxygens (including phenoxy) is 1. The largest absolute Gasteiger partial charge is 0.457 e. The van der Waals surface area contributed by atoms with Crippen LogP contribution in [0.2, 0.25) is 0 Å². The summed E-state index contributed by atoms with van der Waals surface area (Å²) >= 11 is 0. The SMILES string of the molecule is Cc1cc(C(=O)COC(=O)CCN2C(=O)Cc3ccccc3C2=O)c(C)n1C1CC1. The average Bonchev–Trinajstić information content (AvgIpc) is 3.50. The maximum Gasteiger partial charge on any atom is 0.308 e. The molecule has 7 heteroatoms. The van der Waals surface area contributed by atoms with E-state index in [0.29, 0.717) is 22.7 Å². The fourth-order valence-corrected chi connectivity index (χ4v) is 4.08. The zero-order chi connectivity index (χ0) is 21.4. The maximum atomic E-state index is 12.5. The van der Waals surface area contributed by atoms with Crippen molar-refractivity contribution in [1.29, 1.82) is 0 Å². The Kier molecular flexibility index (Phi) is 5.28. The summed E-state index contributed by atoms with van der Waals surface area (Å²) in [7, 11) is 0. The number of ketones is 1. The van der Waals surface area contributed by atoms with E-state index in [2.05, 4.69) is 4.57 Å². The minimum atomic E-state index is -0.612. The monoisotopic (exact) mass is 408 g/mol. The minimum absolute atomic E-state index is 0.0603. The molecule has 2 heterocycles. The van der Waals surface area contributed by atoms with Crippen LogP contribution in [0, 0.1) is 13.8 Å². The first-order valence-corrected chi connectivity index (χ1v) is 10.2. The van der Waals surface area contributed by atoms with Crippen LogP contribution in [-0.2, 0) is 20.7 Å². The molecule has 0 saturated heterocycles. The van der Waals surface area contributed by atoms with Gasteiger partial charge in [-0.05, 0) is 44.4 Å². The molecule has 0 radical (unpaired) electrons. The Balaban J connectivity index is 1.31. The lowest BCUT2D eigenvalue weighted by Gasteiger charge is -2.26. The molecule has 0 unspecified atom stereocenters. The smallest absolute Gasteiger partial charge is 0.308 e. The van der Waals surface area contributed by atoms with Crippen LogP contribution in [0.1, 0.15) is 63.0 Å². The third kappa shape index (κ3) is 3.79. The number of imide groups is 1. The lowest BCUT2D eigenvalue weighted by atomic mass is 9.98. The van der Waals surface area contributed by atoms with E-state index in [4.69, 9.17) is 4.74 Å². The quantitative estimate of drug-likeness (QED) is 0.400. The standard InChI is InChI=1S/C23H24N2O5/c1-14-11-19(15(2)25(14)17-7-8-17)20(26)13-30-22(28)9-10-24-21(27)12-16-5-3-4-6-18(16)23(24)29/h3-6,11,17H,7-10,12-13H2,1-2H3. The first-order chi connectivity index (χ1) is 14.4. The van der Waals surface area contributed by atoms with Gasteiger partial charge in [0, 0.05) is 35.1 Å². The Hall–Kier alpha value is -3.22. The second kappa shape index (κ2) is 7.89. The molecule has 0 atom stereocenters. The molecule has 4 rings (SSSR count). The molecule has 2 amide bonds. The van der Waals surface area contributed by atoms with Gasteiger partial charge in [-0.25, -0.2) is 0 Å². The molecule has 1 aromatic heterocycles. The number of Topliss-reactive ketones (excluding diaryl/α,β-unsaturated/α-hetero) is 1. The summed E-state index contributed by atoms with van der Waals surface area (Å²) in [5.41, 5.74) is 3.68. The number of carbonyl (C=O) groups is 4. The van der Waals surface area contributed by atoms with Gasteiger partial charge in [-0.1, -0.05) is 18.2 Å². The van der Waals surface area contributed by atoms with Crippen molar-refractivity contribution in [3.63, 3.8) is 0 Å². The van der Waals surface area contributed by atoms with E-state index in [1.807, 2.05) is 19.9 Å². The predicted molar refractivity (Wildman–Crippen MR) is 108 cm³/mol. The van der Waals surface area contributed by atoms with Crippen molar-refractivity contribution in [2.75, 3.05) is 13.2 Å². The van der Waals surface area contributed by atoms with Crippen molar-refractivity contribution in [3.8, 4) is 0 Å². The number of rotatable bonds is 7. The molecule has 0 N–H and O–H groups in total. The summed E-state index contributed by atoms with van der Waals surface area (Å²) in [6.07, 6.45) is 2.23. The minimum Gasteiger partial charge on any atom is -0.457 e. The summed E-state index contributed by atoms with van der Waals surface area (Å²) in [5, 5.41) is 0. The zero-order valence-corrected chi connectivity index (χ0v) is 17.1. The molecule has 30 heavy (non-hydrogen) atoms. The van der Waals surface area contributed by atoms with Crippen LogP contribution in [0.4, 0.5) is 0 Å². The molecular weight excluding hydrogens is 384 g/mol. The van der Waals surface area contributed by atoms with Crippen LogP contribution >= 0.6 is 0 Å². The number of hydrogen-bond donors (Lipinski definition) is 0. The van der Waals surface area contributed by atoms with E-state index < -0.39 is 11.9 Å². The van der Waals surface area contributed by atoms with Crippen molar-refractivity contribution in [3.05, 3.63) is 58.4 Å². The summed E-state index contributed by atoms with van der Waals surface area (Å²) in [5.74, 6) is -1.60. The number of hydrogen-bond acceptors (Lipinski definition) is 5.